The fourth-order valence-electron chi connectivity index (χ4n) is 2.75. The zero-order valence-electron chi connectivity index (χ0n) is 10.4. The lowest BCUT2D eigenvalue weighted by molar-refractivity contribution is -0.152. The number of esters is 3. The Labute approximate surface area is 105 Å². The molecule has 0 aromatic heterocycles. The maximum atomic E-state index is 11.2. The summed E-state index contributed by atoms with van der Waals surface area (Å²) in [5.41, 5.74) is 0. The first kappa shape index (κ1) is 12.9. The third kappa shape index (κ3) is 2.63. The molecule has 0 aromatic rings. The quantitative estimate of drug-likeness (QED) is 0.538. The van der Waals surface area contributed by atoms with Crippen LogP contribution in [0.5, 0.6) is 0 Å². The molecule has 0 spiro atoms. The standard InChI is InChI=1S/C12H16O6/c1-6(13)16-5-9-8-3-12(15)18-10(8)4-11(9)17-7(2)14/h8-11H,3-5H2,1-2H3/t8-,9-,10+,11-/m1/s1. The molecule has 2 rings (SSSR count). The molecule has 1 saturated carbocycles. The summed E-state index contributed by atoms with van der Waals surface area (Å²) in [7, 11) is 0. The topological polar surface area (TPSA) is 78.9 Å². The summed E-state index contributed by atoms with van der Waals surface area (Å²) >= 11 is 0. The molecule has 2 aliphatic rings. The lowest BCUT2D eigenvalue weighted by Gasteiger charge is -2.21. The molecule has 18 heavy (non-hydrogen) atoms. The van der Waals surface area contributed by atoms with E-state index in [2.05, 4.69) is 0 Å². The van der Waals surface area contributed by atoms with Crippen LogP contribution in [0.3, 0.4) is 0 Å². The average Bonchev–Trinajstić information content (AvgIpc) is 2.70. The largest absolute Gasteiger partial charge is 0.465 e. The Balaban J connectivity index is 2.04. The predicted octanol–water partition coefficient (Wildman–Crippen LogP) is 0.433. The highest BCUT2D eigenvalue weighted by Crippen LogP contribution is 2.42. The van der Waals surface area contributed by atoms with Crippen molar-refractivity contribution in [1.82, 2.24) is 0 Å². The van der Waals surface area contributed by atoms with Gasteiger partial charge in [0.15, 0.2) is 0 Å². The summed E-state index contributed by atoms with van der Waals surface area (Å²) in [6.07, 6.45) is 0.225. The molecule has 4 atom stereocenters. The summed E-state index contributed by atoms with van der Waals surface area (Å²) in [6.45, 7) is 2.82. The van der Waals surface area contributed by atoms with Crippen LogP contribution in [0.15, 0.2) is 0 Å². The second-order valence-electron chi connectivity index (χ2n) is 4.75. The van der Waals surface area contributed by atoms with E-state index in [-0.39, 0.29) is 48.6 Å². The van der Waals surface area contributed by atoms with E-state index >= 15 is 0 Å². The lowest BCUT2D eigenvalue weighted by atomic mass is 9.93. The molecule has 100 valence electrons. The third-order valence-electron chi connectivity index (χ3n) is 3.45. The van der Waals surface area contributed by atoms with E-state index in [0.29, 0.717) is 12.8 Å². The van der Waals surface area contributed by atoms with E-state index in [1.807, 2.05) is 0 Å². The van der Waals surface area contributed by atoms with Gasteiger partial charge < -0.3 is 14.2 Å². The molecule has 6 nitrogen and oxygen atoms in total. The maximum absolute atomic E-state index is 11.2. The summed E-state index contributed by atoms with van der Waals surface area (Å²) < 4.78 is 15.4. The van der Waals surface area contributed by atoms with Crippen LogP contribution in [-0.2, 0) is 28.6 Å². The molecular formula is C12H16O6. The zero-order chi connectivity index (χ0) is 13.3. The Hall–Kier alpha value is -1.59. The van der Waals surface area contributed by atoms with E-state index < -0.39 is 0 Å². The van der Waals surface area contributed by atoms with Gasteiger partial charge in [0.1, 0.15) is 12.2 Å². The summed E-state index contributed by atoms with van der Waals surface area (Å²) in [5, 5.41) is 0. The van der Waals surface area contributed by atoms with Crippen LogP contribution in [0.2, 0.25) is 0 Å². The number of hydrogen-bond acceptors (Lipinski definition) is 6. The van der Waals surface area contributed by atoms with Gasteiger partial charge in [0.2, 0.25) is 0 Å². The summed E-state index contributed by atoms with van der Waals surface area (Å²) in [5.74, 6) is -1.18. The van der Waals surface area contributed by atoms with Crippen LogP contribution in [-0.4, -0.2) is 36.7 Å². The minimum absolute atomic E-state index is 0.0267. The van der Waals surface area contributed by atoms with Crippen LogP contribution >= 0.6 is 0 Å². The Morgan fingerprint density at radius 1 is 1.33 bits per heavy atom. The Morgan fingerprint density at radius 2 is 2.06 bits per heavy atom. The summed E-state index contributed by atoms with van der Waals surface area (Å²) in [4.78, 5) is 33.1. The number of rotatable bonds is 3. The van der Waals surface area contributed by atoms with Crippen molar-refractivity contribution in [3.05, 3.63) is 0 Å². The average molecular weight is 256 g/mol. The van der Waals surface area contributed by atoms with Gasteiger partial charge >= 0.3 is 17.9 Å². The van der Waals surface area contributed by atoms with Crippen LogP contribution in [0, 0.1) is 11.8 Å². The van der Waals surface area contributed by atoms with Crippen molar-refractivity contribution in [2.75, 3.05) is 6.61 Å². The van der Waals surface area contributed by atoms with Gasteiger partial charge in [0, 0.05) is 32.1 Å². The van der Waals surface area contributed by atoms with Crippen molar-refractivity contribution in [2.24, 2.45) is 11.8 Å². The molecule has 0 radical (unpaired) electrons. The molecular weight excluding hydrogens is 240 g/mol. The molecule has 0 aromatic carbocycles. The molecule has 0 unspecified atom stereocenters. The van der Waals surface area contributed by atoms with Crippen molar-refractivity contribution in [1.29, 1.82) is 0 Å². The minimum Gasteiger partial charge on any atom is -0.465 e. The van der Waals surface area contributed by atoms with Gasteiger partial charge in [-0.3, -0.25) is 14.4 Å². The molecule has 0 bridgehead atoms. The van der Waals surface area contributed by atoms with E-state index in [1.165, 1.54) is 13.8 Å². The molecule has 2 fully saturated rings. The van der Waals surface area contributed by atoms with Gasteiger partial charge in [-0.05, 0) is 0 Å². The summed E-state index contributed by atoms with van der Waals surface area (Å²) in [6, 6.07) is 0. The van der Waals surface area contributed by atoms with Crippen molar-refractivity contribution < 1.29 is 28.6 Å². The molecule has 1 heterocycles. The van der Waals surface area contributed by atoms with Crippen molar-refractivity contribution in [3.63, 3.8) is 0 Å². The van der Waals surface area contributed by atoms with Crippen molar-refractivity contribution in [2.45, 2.75) is 38.9 Å². The number of hydrogen-bond donors (Lipinski definition) is 0. The second kappa shape index (κ2) is 4.96. The number of carbonyl (C=O) groups is 3. The SMILES string of the molecule is CC(=O)OC[C@@H]1[C@H]2CC(=O)O[C@H]2C[C@H]1OC(C)=O. The molecule has 1 aliphatic heterocycles. The predicted molar refractivity (Wildman–Crippen MR) is 58.3 cm³/mol. The Bertz CT molecular complexity index is 377. The van der Waals surface area contributed by atoms with Gasteiger partial charge in [-0.1, -0.05) is 0 Å². The Morgan fingerprint density at radius 3 is 2.67 bits per heavy atom. The first-order chi connectivity index (χ1) is 8.47. The molecule has 6 heteroatoms. The highest BCUT2D eigenvalue weighted by molar-refractivity contribution is 5.72. The Kier molecular flexibility index (Phi) is 3.54. The van der Waals surface area contributed by atoms with E-state index in [1.54, 1.807) is 0 Å². The van der Waals surface area contributed by atoms with Gasteiger partial charge in [0.05, 0.1) is 13.0 Å². The number of fused-ring (bicyclic) bond motifs is 1. The molecule has 1 aliphatic carbocycles. The fourth-order valence-corrected chi connectivity index (χ4v) is 2.75. The van der Waals surface area contributed by atoms with Crippen LogP contribution < -0.4 is 0 Å². The zero-order valence-corrected chi connectivity index (χ0v) is 10.4. The van der Waals surface area contributed by atoms with Gasteiger partial charge in [-0.15, -0.1) is 0 Å². The van der Waals surface area contributed by atoms with Crippen molar-refractivity contribution in [3.8, 4) is 0 Å². The van der Waals surface area contributed by atoms with Gasteiger partial charge in [-0.2, -0.15) is 0 Å². The first-order valence-corrected chi connectivity index (χ1v) is 5.97. The van der Waals surface area contributed by atoms with Crippen molar-refractivity contribution >= 4 is 17.9 Å². The van der Waals surface area contributed by atoms with Gasteiger partial charge in [0.25, 0.3) is 0 Å². The molecule has 0 N–H and O–H groups in total. The highest BCUT2D eigenvalue weighted by atomic mass is 16.6. The normalized spacial score (nSPS) is 33.8. The lowest BCUT2D eigenvalue weighted by Crippen LogP contribution is -2.29. The number of carbonyl (C=O) groups excluding carboxylic acids is 3. The fraction of sp³-hybridized carbons (Fsp3) is 0.750. The van der Waals surface area contributed by atoms with Crippen LogP contribution in [0.1, 0.15) is 26.7 Å². The first-order valence-electron chi connectivity index (χ1n) is 5.97. The van der Waals surface area contributed by atoms with Gasteiger partial charge in [-0.25, -0.2) is 0 Å². The monoisotopic (exact) mass is 256 g/mol. The van der Waals surface area contributed by atoms with Crippen LogP contribution in [0.25, 0.3) is 0 Å². The van der Waals surface area contributed by atoms with Crippen LogP contribution in [0.4, 0.5) is 0 Å². The third-order valence-corrected chi connectivity index (χ3v) is 3.45. The molecule has 0 amide bonds. The molecule has 1 saturated heterocycles. The van der Waals surface area contributed by atoms with E-state index in [9.17, 15) is 14.4 Å². The number of ether oxygens (including phenoxy) is 3. The smallest absolute Gasteiger partial charge is 0.306 e. The maximum Gasteiger partial charge on any atom is 0.306 e. The van der Waals surface area contributed by atoms with E-state index in [0.717, 1.165) is 0 Å². The minimum atomic E-state index is -0.384. The van der Waals surface area contributed by atoms with E-state index in [4.69, 9.17) is 14.2 Å². The second-order valence-corrected chi connectivity index (χ2v) is 4.75. The highest BCUT2D eigenvalue weighted by Gasteiger charge is 2.51.